The first-order chi connectivity index (χ1) is 19.0. The van der Waals surface area contributed by atoms with Crippen molar-refractivity contribution in [3.63, 3.8) is 0 Å². The molecule has 2 aromatic heterocycles. The van der Waals surface area contributed by atoms with Crippen LogP contribution in [0.15, 0.2) is 48.6 Å². The average molecular weight is 537 g/mol. The molecular formula is C29H36N4O6. The van der Waals surface area contributed by atoms with Crippen molar-refractivity contribution in [3.05, 3.63) is 59.7 Å². The van der Waals surface area contributed by atoms with E-state index in [1.165, 1.54) is 6.08 Å². The van der Waals surface area contributed by atoms with Gasteiger partial charge < -0.3 is 28.7 Å². The van der Waals surface area contributed by atoms with E-state index < -0.39 is 0 Å². The normalized spacial score (nSPS) is 14.2. The average Bonchev–Trinajstić information content (AvgIpc) is 3.24. The highest BCUT2D eigenvalue weighted by molar-refractivity contribution is 5.88. The van der Waals surface area contributed by atoms with Gasteiger partial charge in [0.25, 0.3) is 0 Å². The molecular weight excluding hydrogens is 500 g/mol. The van der Waals surface area contributed by atoms with Crippen LogP contribution in [0, 0.1) is 0 Å². The molecule has 0 atom stereocenters. The van der Waals surface area contributed by atoms with Crippen LogP contribution in [-0.2, 0) is 9.59 Å². The number of carbonyl (C=O) groups excluding carboxylic acids is 2. The van der Waals surface area contributed by atoms with Crippen molar-refractivity contribution in [2.24, 2.45) is 0 Å². The Balaban J connectivity index is 1.46. The predicted octanol–water partition coefficient (Wildman–Crippen LogP) is 3.63. The number of nitrogens with zero attached hydrogens (tertiary/aromatic N) is 4. The van der Waals surface area contributed by atoms with Crippen LogP contribution >= 0.6 is 0 Å². The number of methoxy groups -OCH3 is 4. The van der Waals surface area contributed by atoms with Gasteiger partial charge >= 0.3 is 0 Å². The fourth-order valence-corrected chi connectivity index (χ4v) is 4.04. The van der Waals surface area contributed by atoms with Gasteiger partial charge in [-0.25, -0.2) is 0 Å². The summed E-state index contributed by atoms with van der Waals surface area (Å²) in [4.78, 5) is 37.6. The topological polar surface area (TPSA) is 103 Å². The zero-order valence-corrected chi connectivity index (χ0v) is 23.0. The van der Waals surface area contributed by atoms with Gasteiger partial charge in [0.15, 0.2) is 0 Å². The summed E-state index contributed by atoms with van der Waals surface area (Å²) in [6, 6.07) is 7.20. The number of carbonyl (C=O) groups is 2. The second-order valence-corrected chi connectivity index (χ2v) is 8.62. The Morgan fingerprint density at radius 1 is 0.769 bits per heavy atom. The van der Waals surface area contributed by atoms with Crippen molar-refractivity contribution >= 4 is 24.0 Å². The maximum atomic E-state index is 12.8. The maximum absolute atomic E-state index is 12.8. The number of aromatic nitrogens is 2. The van der Waals surface area contributed by atoms with E-state index in [1.54, 1.807) is 57.6 Å². The van der Waals surface area contributed by atoms with Crippen molar-refractivity contribution < 1.29 is 28.5 Å². The molecule has 10 heteroatoms. The second-order valence-electron chi connectivity index (χ2n) is 8.62. The van der Waals surface area contributed by atoms with Crippen LogP contribution in [0.4, 0.5) is 0 Å². The van der Waals surface area contributed by atoms with E-state index in [0.717, 1.165) is 17.5 Å². The van der Waals surface area contributed by atoms with Gasteiger partial charge in [-0.05, 0) is 31.1 Å². The lowest BCUT2D eigenvalue weighted by Crippen LogP contribution is -2.36. The molecule has 3 rings (SSSR count). The summed E-state index contributed by atoms with van der Waals surface area (Å²) < 4.78 is 20.8. The monoisotopic (exact) mass is 536 g/mol. The highest BCUT2D eigenvalue weighted by Gasteiger charge is 2.20. The van der Waals surface area contributed by atoms with Crippen LogP contribution in [0.2, 0.25) is 0 Å². The van der Waals surface area contributed by atoms with Crippen molar-refractivity contribution in [1.82, 2.24) is 19.8 Å². The largest absolute Gasteiger partial charge is 0.481 e. The van der Waals surface area contributed by atoms with Crippen LogP contribution in [0.3, 0.4) is 0 Å². The van der Waals surface area contributed by atoms with E-state index in [4.69, 9.17) is 18.9 Å². The van der Waals surface area contributed by atoms with Crippen molar-refractivity contribution in [1.29, 1.82) is 0 Å². The Labute approximate surface area is 229 Å². The first-order valence-corrected chi connectivity index (χ1v) is 12.7. The molecule has 1 aliphatic rings. The lowest BCUT2D eigenvalue weighted by Gasteiger charge is -2.21. The Morgan fingerprint density at radius 3 is 1.97 bits per heavy atom. The molecule has 1 aliphatic heterocycles. The van der Waals surface area contributed by atoms with Crippen LogP contribution in [0.5, 0.6) is 23.5 Å². The minimum absolute atomic E-state index is 0.0780. The highest BCUT2D eigenvalue weighted by Crippen LogP contribution is 2.22. The molecule has 0 bridgehead atoms. The minimum Gasteiger partial charge on any atom is -0.481 e. The molecule has 0 N–H and O–H groups in total. The molecule has 2 amide bonds. The Morgan fingerprint density at radius 2 is 1.36 bits per heavy atom. The van der Waals surface area contributed by atoms with Gasteiger partial charge in [0.1, 0.15) is 0 Å². The second kappa shape index (κ2) is 15.2. The Hall–Kier alpha value is -4.34. The van der Waals surface area contributed by atoms with Gasteiger partial charge in [0.2, 0.25) is 35.3 Å². The summed E-state index contributed by atoms with van der Waals surface area (Å²) in [5.41, 5.74) is 1.59. The maximum Gasteiger partial charge on any atom is 0.246 e. The summed E-state index contributed by atoms with van der Waals surface area (Å²) in [6.07, 6.45) is 12.4. The lowest BCUT2D eigenvalue weighted by molar-refractivity contribution is -0.131. The fraction of sp³-hybridized carbons (Fsp3) is 0.379. The number of allylic oxidation sites excluding steroid dienone is 3. The van der Waals surface area contributed by atoms with Gasteiger partial charge in [-0.1, -0.05) is 24.3 Å². The summed E-state index contributed by atoms with van der Waals surface area (Å²) in [6.45, 7) is 2.26. The molecule has 1 saturated heterocycles. The van der Waals surface area contributed by atoms with Crippen LogP contribution in [-0.4, -0.2) is 86.2 Å². The third-order valence-corrected chi connectivity index (χ3v) is 6.14. The van der Waals surface area contributed by atoms with Gasteiger partial charge in [-0.2, -0.15) is 9.97 Å². The zero-order valence-electron chi connectivity index (χ0n) is 23.0. The highest BCUT2D eigenvalue weighted by atomic mass is 16.5. The van der Waals surface area contributed by atoms with Gasteiger partial charge in [0.05, 0.1) is 28.4 Å². The molecule has 0 aliphatic carbocycles. The summed E-state index contributed by atoms with van der Waals surface area (Å²) >= 11 is 0. The third kappa shape index (κ3) is 8.59. The number of hydrogen-bond donors (Lipinski definition) is 0. The van der Waals surface area contributed by atoms with Crippen LogP contribution in [0.25, 0.3) is 12.2 Å². The van der Waals surface area contributed by atoms with Gasteiger partial charge in [0, 0.05) is 61.9 Å². The standard InChI is InChI=1S/C29H36N4O6/c1-36-24-16-14-22(28(30-24)38-3)10-5-7-12-26(34)32-18-9-19-33(21-20-32)27(35)13-8-6-11-23-15-17-25(37-2)31-29(23)39-4/h5-7,10-12,14-17H,8-9,13,18-21H2,1-4H3/b10-5+,11-6+,12-7+. The van der Waals surface area contributed by atoms with E-state index in [0.29, 0.717) is 62.5 Å². The molecule has 2 aromatic rings. The number of rotatable bonds is 11. The number of ether oxygens (including phenoxy) is 4. The molecule has 39 heavy (non-hydrogen) atoms. The zero-order chi connectivity index (χ0) is 28.0. The number of hydrogen-bond acceptors (Lipinski definition) is 8. The Bertz CT molecular complexity index is 1210. The number of amides is 2. The first kappa shape index (κ1) is 29.2. The molecule has 208 valence electrons. The van der Waals surface area contributed by atoms with Gasteiger partial charge in [-0.3, -0.25) is 9.59 Å². The molecule has 0 aromatic carbocycles. The first-order valence-electron chi connectivity index (χ1n) is 12.7. The molecule has 0 spiro atoms. The quantitative estimate of drug-likeness (QED) is 0.317. The van der Waals surface area contributed by atoms with E-state index in [-0.39, 0.29) is 11.8 Å². The predicted molar refractivity (Wildman–Crippen MR) is 149 cm³/mol. The van der Waals surface area contributed by atoms with E-state index in [9.17, 15) is 9.59 Å². The van der Waals surface area contributed by atoms with Gasteiger partial charge in [-0.15, -0.1) is 0 Å². The van der Waals surface area contributed by atoms with E-state index in [1.807, 2.05) is 35.3 Å². The SMILES string of the molecule is COc1ccc(/C=C/C=C/C(=O)N2CCCN(C(=O)CC/C=C/c3ccc(OC)nc3OC)CC2)c(OC)n1. The summed E-state index contributed by atoms with van der Waals surface area (Å²) in [5, 5.41) is 0. The molecule has 0 radical (unpaired) electrons. The summed E-state index contributed by atoms with van der Waals surface area (Å²) in [5.74, 6) is 1.85. The van der Waals surface area contributed by atoms with Crippen molar-refractivity contribution in [2.75, 3.05) is 54.6 Å². The Kier molecular flexibility index (Phi) is 11.4. The fourth-order valence-electron chi connectivity index (χ4n) is 4.04. The lowest BCUT2D eigenvalue weighted by atomic mass is 10.2. The van der Waals surface area contributed by atoms with Crippen LogP contribution in [0.1, 0.15) is 30.4 Å². The molecule has 3 heterocycles. The minimum atomic E-state index is -0.0845. The summed E-state index contributed by atoms with van der Waals surface area (Å²) in [7, 11) is 6.19. The van der Waals surface area contributed by atoms with Crippen LogP contribution < -0.4 is 18.9 Å². The molecule has 0 saturated carbocycles. The smallest absolute Gasteiger partial charge is 0.246 e. The third-order valence-electron chi connectivity index (χ3n) is 6.14. The number of pyridine rings is 2. The molecule has 10 nitrogen and oxygen atoms in total. The van der Waals surface area contributed by atoms with E-state index >= 15 is 0 Å². The van der Waals surface area contributed by atoms with E-state index in [2.05, 4.69) is 9.97 Å². The molecule has 0 unspecified atom stereocenters. The van der Waals surface area contributed by atoms with Crippen molar-refractivity contribution in [3.8, 4) is 23.5 Å². The van der Waals surface area contributed by atoms with Crippen molar-refractivity contribution in [2.45, 2.75) is 19.3 Å². The molecule has 1 fully saturated rings.